The van der Waals surface area contributed by atoms with E-state index in [0.29, 0.717) is 30.0 Å². The van der Waals surface area contributed by atoms with Gasteiger partial charge >= 0.3 is 6.09 Å². The molecule has 23 heavy (non-hydrogen) atoms. The molecular weight excluding hydrogens is 296 g/mol. The molecule has 0 atom stereocenters. The number of benzene rings is 1. The van der Waals surface area contributed by atoms with E-state index < -0.39 is 17.6 Å². The molecule has 0 aliphatic rings. The molecule has 7 nitrogen and oxygen atoms in total. The van der Waals surface area contributed by atoms with Crippen LogP contribution in [-0.2, 0) is 4.74 Å². The van der Waals surface area contributed by atoms with E-state index in [0.717, 1.165) is 0 Å². The highest BCUT2D eigenvalue weighted by Crippen LogP contribution is 2.19. The Morgan fingerprint density at radius 1 is 1.22 bits per heavy atom. The summed E-state index contributed by atoms with van der Waals surface area (Å²) in [4.78, 5) is 22.4. The van der Waals surface area contributed by atoms with Crippen LogP contribution in [0.3, 0.4) is 0 Å². The first kappa shape index (κ1) is 18.3. The summed E-state index contributed by atoms with van der Waals surface area (Å²) in [6.45, 7) is 6.31. The summed E-state index contributed by atoms with van der Waals surface area (Å²) < 4.78 is 5.11. The van der Waals surface area contributed by atoms with Crippen molar-refractivity contribution in [3.63, 3.8) is 0 Å². The predicted octanol–water partition coefficient (Wildman–Crippen LogP) is 1.86. The molecule has 1 aromatic carbocycles. The number of nitrogens with two attached hydrogens (primary N) is 2. The average Bonchev–Trinajstić information content (AvgIpc) is 2.41. The summed E-state index contributed by atoms with van der Waals surface area (Å²) >= 11 is 0. The summed E-state index contributed by atoms with van der Waals surface area (Å²) in [6.07, 6.45) is 3.19. The molecule has 0 aromatic heterocycles. The number of hydrogen-bond donors (Lipinski definition) is 4. The van der Waals surface area contributed by atoms with E-state index >= 15 is 0 Å². The lowest BCUT2D eigenvalue weighted by atomic mass is 10.1. The third kappa shape index (κ3) is 7.21. The van der Waals surface area contributed by atoms with Crippen molar-refractivity contribution in [2.24, 2.45) is 5.73 Å². The van der Waals surface area contributed by atoms with E-state index in [1.54, 1.807) is 39.0 Å². The molecule has 0 spiro atoms. The fourth-order valence-electron chi connectivity index (χ4n) is 1.67. The second-order valence-corrected chi connectivity index (χ2v) is 5.90. The molecular formula is C16H24N4O3. The smallest absolute Gasteiger partial charge is 0.407 e. The first-order valence-electron chi connectivity index (χ1n) is 7.24. The molecule has 6 N–H and O–H groups in total. The van der Waals surface area contributed by atoms with Crippen molar-refractivity contribution in [2.45, 2.75) is 26.4 Å². The number of rotatable bonds is 6. The van der Waals surface area contributed by atoms with Gasteiger partial charge in [0.2, 0.25) is 5.91 Å². The minimum atomic E-state index is -0.517. The number of nitrogens with one attached hydrogen (secondary N) is 2. The van der Waals surface area contributed by atoms with E-state index in [4.69, 9.17) is 16.2 Å². The molecule has 0 aliphatic heterocycles. The lowest BCUT2D eigenvalue weighted by Crippen LogP contribution is -2.32. The van der Waals surface area contributed by atoms with Crippen LogP contribution in [0.5, 0.6) is 0 Å². The van der Waals surface area contributed by atoms with Crippen LogP contribution >= 0.6 is 0 Å². The Balaban J connectivity index is 2.34. The maximum absolute atomic E-state index is 11.4. The normalized spacial score (nSPS) is 11.3. The summed E-state index contributed by atoms with van der Waals surface area (Å²) in [5.41, 5.74) is 12.0. The van der Waals surface area contributed by atoms with Gasteiger partial charge in [-0.25, -0.2) is 4.79 Å². The lowest BCUT2D eigenvalue weighted by molar-refractivity contribution is 0.0534. The summed E-state index contributed by atoms with van der Waals surface area (Å²) in [7, 11) is 0. The van der Waals surface area contributed by atoms with Crippen LogP contribution in [0, 0.1) is 0 Å². The molecule has 0 bridgehead atoms. The number of amides is 2. The minimum Gasteiger partial charge on any atom is -0.444 e. The Hall–Kier alpha value is -2.70. The molecule has 0 unspecified atom stereocenters. The third-order valence-electron chi connectivity index (χ3n) is 2.68. The number of primary amides is 1. The number of carbonyl (C=O) groups is 2. The minimum absolute atomic E-state index is 0.366. The van der Waals surface area contributed by atoms with Crippen molar-refractivity contribution in [1.29, 1.82) is 0 Å². The highest BCUT2D eigenvalue weighted by Gasteiger charge is 2.14. The van der Waals surface area contributed by atoms with Crippen molar-refractivity contribution < 1.29 is 14.3 Å². The second kappa shape index (κ2) is 8.07. The van der Waals surface area contributed by atoms with Gasteiger partial charge in [0, 0.05) is 18.7 Å². The maximum atomic E-state index is 11.4. The summed E-state index contributed by atoms with van der Waals surface area (Å²) in [5, 5.41) is 5.71. The van der Waals surface area contributed by atoms with Crippen molar-refractivity contribution in [3.05, 3.63) is 35.9 Å². The Kier molecular flexibility index (Phi) is 6.44. The molecule has 2 amide bonds. The Morgan fingerprint density at radius 2 is 1.87 bits per heavy atom. The van der Waals surface area contributed by atoms with Crippen molar-refractivity contribution in [2.75, 3.05) is 24.1 Å². The molecule has 0 aliphatic carbocycles. The van der Waals surface area contributed by atoms with Gasteiger partial charge < -0.3 is 26.8 Å². The predicted molar refractivity (Wildman–Crippen MR) is 91.2 cm³/mol. The molecule has 0 saturated carbocycles. The summed E-state index contributed by atoms with van der Waals surface area (Å²) in [6, 6.07) is 4.83. The van der Waals surface area contributed by atoms with Gasteiger partial charge in [-0.05, 0) is 39.0 Å². The molecule has 1 rings (SSSR count). The van der Waals surface area contributed by atoms with E-state index in [9.17, 15) is 9.59 Å². The number of hydrogen-bond acceptors (Lipinski definition) is 5. The van der Waals surface area contributed by atoms with E-state index in [-0.39, 0.29) is 0 Å². The van der Waals surface area contributed by atoms with Gasteiger partial charge in [-0.3, -0.25) is 4.79 Å². The largest absolute Gasteiger partial charge is 0.444 e. The summed E-state index contributed by atoms with van der Waals surface area (Å²) in [5.74, 6) is -0.517. The molecule has 0 heterocycles. The van der Waals surface area contributed by atoms with Crippen LogP contribution in [0.4, 0.5) is 16.2 Å². The lowest BCUT2D eigenvalue weighted by Gasteiger charge is -2.19. The maximum Gasteiger partial charge on any atom is 0.407 e. The zero-order valence-electron chi connectivity index (χ0n) is 13.7. The van der Waals surface area contributed by atoms with Crippen molar-refractivity contribution in [3.8, 4) is 0 Å². The van der Waals surface area contributed by atoms with Gasteiger partial charge in [-0.1, -0.05) is 12.2 Å². The molecule has 1 aromatic rings. The van der Waals surface area contributed by atoms with E-state index in [2.05, 4.69) is 10.6 Å². The Labute approximate surface area is 136 Å². The Morgan fingerprint density at radius 3 is 2.43 bits per heavy atom. The fraction of sp³-hybridized carbons (Fsp3) is 0.375. The van der Waals surface area contributed by atoms with Gasteiger partial charge in [0.1, 0.15) is 5.60 Å². The van der Waals surface area contributed by atoms with Gasteiger partial charge in [0.15, 0.2) is 0 Å². The monoisotopic (exact) mass is 320 g/mol. The zero-order valence-corrected chi connectivity index (χ0v) is 13.7. The first-order valence-corrected chi connectivity index (χ1v) is 7.24. The number of ether oxygens (including phenoxy) is 1. The van der Waals surface area contributed by atoms with E-state index in [1.807, 2.05) is 6.08 Å². The third-order valence-corrected chi connectivity index (χ3v) is 2.68. The SMILES string of the molecule is CC(C)(C)OC(=O)NC/C=C/CNc1ccc(C(N)=O)cc1N. The molecule has 0 saturated heterocycles. The van der Waals surface area contributed by atoms with Crippen molar-refractivity contribution in [1.82, 2.24) is 5.32 Å². The fourth-order valence-corrected chi connectivity index (χ4v) is 1.67. The molecule has 7 heteroatoms. The topological polar surface area (TPSA) is 119 Å². The zero-order chi connectivity index (χ0) is 17.5. The standard InChI is InChI=1S/C16H24N4O3/c1-16(2,3)23-15(22)20-9-5-4-8-19-13-7-6-11(14(18)21)10-12(13)17/h4-7,10,19H,8-9,17H2,1-3H3,(H2,18,21)(H,20,22)/b5-4+. The van der Waals surface area contributed by atoms with Crippen LogP contribution in [0.15, 0.2) is 30.4 Å². The molecule has 0 fully saturated rings. The van der Waals surface area contributed by atoms with Crippen molar-refractivity contribution >= 4 is 23.4 Å². The number of alkyl carbamates (subject to hydrolysis) is 1. The van der Waals surface area contributed by atoms with Gasteiger partial charge in [-0.15, -0.1) is 0 Å². The number of carbonyl (C=O) groups excluding carboxylic acids is 2. The van der Waals surface area contributed by atoms with Crippen LogP contribution in [0.1, 0.15) is 31.1 Å². The molecule has 126 valence electrons. The first-order chi connectivity index (χ1) is 10.7. The number of nitrogen functional groups attached to an aromatic ring is 1. The van der Waals surface area contributed by atoms with E-state index in [1.165, 1.54) is 6.07 Å². The number of anilines is 2. The van der Waals surface area contributed by atoms with Gasteiger partial charge in [-0.2, -0.15) is 0 Å². The van der Waals surface area contributed by atoms with Crippen LogP contribution in [0.2, 0.25) is 0 Å². The highest BCUT2D eigenvalue weighted by atomic mass is 16.6. The molecule has 0 radical (unpaired) electrons. The highest BCUT2D eigenvalue weighted by molar-refractivity contribution is 5.94. The van der Waals surface area contributed by atoms with Gasteiger partial charge in [0.25, 0.3) is 0 Å². The van der Waals surface area contributed by atoms with Crippen LogP contribution in [-0.4, -0.2) is 30.7 Å². The Bertz CT molecular complexity index is 591. The van der Waals surface area contributed by atoms with Gasteiger partial charge in [0.05, 0.1) is 11.4 Å². The van der Waals surface area contributed by atoms with Crippen LogP contribution in [0.25, 0.3) is 0 Å². The second-order valence-electron chi connectivity index (χ2n) is 5.90. The quantitative estimate of drug-likeness (QED) is 0.471. The average molecular weight is 320 g/mol. The van der Waals surface area contributed by atoms with Crippen LogP contribution < -0.4 is 22.1 Å².